The average molecular weight is 419 g/mol. The molecule has 0 fully saturated rings. The lowest BCUT2D eigenvalue weighted by Crippen LogP contribution is -2.06. The summed E-state index contributed by atoms with van der Waals surface area (Å²) < 4.78 is 26.4. The van der Waals surface area contributed by atoms with Gasteiger partial charge in [-0.25, -0.2) is 4.39 Å². The van der Waals surface area contributed by atoms with Crippen LogP contribution in [0.5, 0.6) is 17.2 Å². The largest absolute Gasteiger partial charge is 0.496 e. The molecule has 0 bridgehead atoms. The number of methoxy groups -OCH3 is 1. The van der Waals surface area contributed by atoms with Crippen LogP contribution in [0.4, 0.5) is 4.39 Å². The van der Waals surface area contributed by atoms with Gasteiger partial charge in [-0.3, -0.25) is 0 Å². The highest BCUT2D eigenvalue weighted by molar-refractivity contribution is 9.11. The molecule has 0 saturated carbocycles. The summed E-state index contributed by atoms with van der Waals surface area (Å²) in [6.07, 6.45) is 0.414. The first-order chi connectivity index (χ1) is 10.1. The van der Waals surface area contributed by atoms with Gasteiger partial charge in [-0.05, 0) is 69.1 Å². The Morgan fingerprint density at radius 1 is 1.10 bits per heavy atom. The van der Waals surface area contributed by atoms with Crippen LogP contribution in [0.1, 0.15) is 5.56 Å². The number of hydrogen-bond acceptors (Lipinski definition) is 3. The second kappa shape index (κ2) is 7.24. The molecular weight excluding hydrogens is 405 g/mol. The van der Waals surface area contributed by atoms with Crippen LogP contribution in [0.25, 0.3) is 0 Å². The van der Waals surface area contributed by atoms with Gasteiger partial charge in [0.1, 0.15) is 23.1 Å². The summed E-state index contributed by atoms with van der Waals surface area (Å²) in [5.74, 6) is 1.38. The lowest BCUT2D eigenvalue weighted by Gasteiger charge is -2.14. The van der Waals surface area contributed by atoms with Crippen molar-refractivity contribution in [3.63, 3.8) is 0 Å². The SMILES string of the molecule is COc1cc(Br)c(Oc2cccc(F)c2CCN)cc1Br. The average Bonchev–Trinajstić information content (AvgIpc) is 2.46. The molecule has 0 radical (unpaired) electrons. The summed E-state index contributed by atoms with van der Waals surface area (Å²) in [4.78, 5) is 0. The molecule has 0 amide bonds. The second-order valence-corrected chi connectivity index (χ2v) is 5.98. The Labute approximate surface area is 139 Å². The zero-order chi connectivity index (χ0) is 15.4. The van der Waals surface area contributed by atoms with Gasteiger partial charge >= 0.3 is 0 Å². The first kappa shape index (κ1) is 16.3. The summed E-state index contributed by atoms with van der Waals surface area (Å²) in [7, 11) is 1.58. The summed E-state index contributed by atoms with van der Waals surface area (Å²) in [5.41, 5.74) is 6.00. The second-order valence-electron chi connectivity index (χ2n) is 4.27. The fourth-order valence-corrected chi connectivity index (χ4v) is 2.77. The van der Waals surface area contributed by atoms with Gasteiger partial charge in [-0.15, -0.1) is 0 Å². The van der Waals surface area contributed by atoms with E-state index in [1.807, 2.05) is 0 Å². The van der Waals surface area contributed by atoms with Crippen molar-refractivity contribution in [2.45, 2.75) is 6.42 Å². The van der Waals surface area contributed by atoms with Gasteiger partial charge in [0.2, 0.25) is 0 Å². The van der Waals surface area contributed by atoms with Crippen molar-refractivity contribution in [1.82, 2.24) is 0 Å². The van der Waals surface area contributed by atoms with E-state index in [0.29, 0.717) is 40.3 Å². The summed E-state index contributed by atoms with van der Waals surface area (Å²) in [6, 6.07) is 8.27. The van der Waals surface area contributed by atoms with Crippen LogP contribution in [0.2, 0.25) is 0 Å². The van der Waals surface area contributed by atoms with E-state index in [2.05, 4.69) is 31.9 Å². The molecule has 2 N–H and O–H groups in total. The quantitative estimate of drug-likeness (QED) is 0.768. The van der Waals surface area contributed by atoms with Gasteiger partial charge in [-0.1, -0.05) is 6.07 Å². The number of ether oxygens (including phenoxy) is 2. The Hall–Kier alpha value is -1.11. The van der Waals surface area contributed by atoms with Gasteiger partial charge in [0.05, 0.1) is 16.1 Å². The van der Waals surface area contributed by atoms with Crippen LogP contribution in [-0.4, -0.2) is 13.7 Å². The Morgan fingerprint density at radius 3 is 2.43 bits per heavy atom. The van der Waals surface area contributed by atoms with E-state index in [1.165, 1.54) is 6.07 Å². The minimum atomic E-state index is -0.318. The van der Waals surface area contributed by atoms with Gasteiger partial charge in [0.25, 0.3) is 0 Å². The maximum absolute atomic E-state index is 13.9. The number of halogens is 3. The zero-order valence-corrected chi connectivity index (χ0v) is 14.5. The maximum atomic E-state index is 13.9. The predicted octanol–water partition coefficient (Wildman–Crippen LogP) is 4.65. The number of nitrogens with two attached hydrogens (primary N) is 1. The molecule has 21 heavy (non-hydrogen) atoms. The van der Waals surface area contributed by atoms with Gasteiger partial charge in [0.15, 0.2) is 0 Å². The standard InChI is InChI=1S/C15H14Br2FNO2/c1-20-14-7-11(17)15(8-10(14)16)21-13-4-2-3-12(18)9(13)5-6-19/h2-4,7-8H,5-6,19H2,1H3. The molecule has 6 heteroatoms. The molecule has 2 rings (SSSR count). The van der Waals surface area contributed by atoms with Gasteiger partial charge < -0.3 is 15.2 Å². The molecule has 0 unspecified atom stereocenters. The molecule has 0 atom stereocenters. The number of rotatable bonds is 5. The third-order valence-electron chi connectivity index (χ3n) is 2.90. The Morgan fingerprint density at radius 2 is 1.76 bits per heavy atom. The third kappa shape index (κ3) is 3.75. The molecule has 112 valence electrons. The van der Waals surface area contributed by atoms with Crippen LogP contribution in [0.3, 0.4) is 0 Å². The van der Waals surface area contributed by atoms with Gasteiger partial charge in [0, 0.05) is 5.56 Å². The van der Waals surface area contributed by atoms with Crippen molar-refractivity contribution in [2.24, 2.45) is 5.73 Å². The third-order valence-corrected chi connectivity index (χ3v) is 4.14. The van der Waals surface area contributed by atoms with Crippen molar-refractivity contribution in [3.8, 4) is 17.2 Å². The molecule has 2 aromatic rings. The molecule has 0 aliphatic heterocycles. The fourth-order valence-electron chi connectivity index (χ4n) is 1.88. The van der Waals surface area contributed by atoms with E-state index < -0.39 is 0 Å². The van der Waals surface area contributed by atoms with E-state index in [1.54, 1.807) is 31.4 Å². The molecule has 2 aromatic carbocycles. The van der Waals surface area contributed by atoms with E-state index in [4.69, 9.17) is 15.2 Å². The number of benzene rings is 2. The highest BCUT2D eigenvalue weighted by Crippen LogP contribution is 2.39. The lowest BCUT2D eigenvalue weighted by atomic mass is 10.1. The van der Waals surface area contributed by atoms with E-state index >= 15 is 0 Å². The van der Waals surface area contributed by atoms with E-state index in [9.17, 15) is 4.39 Å². The molecule has 0 heterocycles. The molecule has 0 aliphatic carbocycles. The Bertz CT molecular complexity index is 650. The topological polar surface area (TPSA) is 44.5 Å². The van der Waals surface area contributed by atoms with E-state index in [0.717, 1.165) is 4.47 Å². The molecule has 0 aliphatic rings. The molecule has 0 spiro atoms. The normalized spacial score (nSPS) is 10.5. The summed E-state index contributed by atoms with van der Waals surface area (Å²) >= 11 is 6.82. The van der Waals surface area contributed by atoms with Crippen molar-refractivity contribution >= 4 is 31.9 Å². The van der Waals surface area contributed by atoms with Crippen LogP contribution in [0.15, 0.2) is 39.3 Å². The van der Waals surface area contributed by atoms with Crippen molar-refractivity contribution in [1.29, 1.82) is 0 Å². The van der Waals surface area contributed by atoms with E-state index in [-0.39, 0.29) is 5.82 Å². The van der Waals surface area contributed by atoms with Crippen LogP contribution in [0, 0.1) is 5.82 Å². The first-order valence-electron chi connectivity index (χ1n) is 6.25. The van der Waals surface area contributed by atoms with Crippen molar-refractivity contribution < 1.29 is 13.9 Å². The van der Waals surface area contributed by atoms with Crippen LogP contribution < -0.4 is 15.2 Å². The number of hydrogen-bond donors (Lipinski definition) is 1. The lowest BCUT2D eigenvalue weighted by molar-refractivity contribution is 0.409. The Kier molecular flexibility index (Phi) is 5.61. The highest BCUT2D eigenvalue weighted by atomic mass is 79.9. The zero-order valence-electron chi connectivity index (χ0n) is 11.3. The van der Waals surface area contributed by atoms with Gasteiger partial charge in [-0.2, -0.15) is 0 Å². The fraction of sp³-hybridized carbons (Fsp3) is 0.200. The Balaban J connectivity index is 2.39. The summed E-state index contributed by atoms with van der Waals surface area (Å²) in [6.45, 7) is 0.352. The molecule has 3 nitrogen and oxygen atoms in total. The maximum Gasteiger partial charge on any atom is 0.143 e. The monoisotopic (exact) mass is 417 g/mol. The van der Waals surface area contributed by atoms with Crippen LogP contribution in [-0.2, 0) is 6.42 Å². The van der Waals surface area contributed by atoms with Crippen molar-refractivity contribution in [2.75, 3.05) is 13.7 Å². The minimum absolute atomic E-state index is 0.318. The smallest absolute Gasteiger partial charge is 0.143 e. The molecular formula is C15H14Br2FNO2. The predicted molar refractivity (Wildman–Crippen MR) is 87.6 cm³/mol. The summed E-state index contributed by atoms with van der Waals surface area (Å²) in [5, 5.41) is 0. The van der Waals surface area contributed by atoms with Crippen LogP contribution >= 0.6 is 31.9 Å². The molecule has 0 saturated heterocycles. The minimum Gasteiger partial charge on any atom is -0.496 e. The van der Waals surface area contributed by atoms with Crippen molar-refractivity contribution in [3.05, 3.63) is 50.7 Å². The first-order valence-corrected chi connectivity index (χ1v) is 7.83. The highest BCUT2D eigenvalue weighted by Gasteiger charge is 2.13. The molecule has 0 aromatic heterocycles.